The van der Waals surface area contributed by atoms with E-state index < -0.39 is 0 Å². The number of amides is 1. The van der Waals surface area contributed by atoms with E-state index in [9.17, 15) is 4.79 Å². The van der Waals surface area contributed by atoms with E-state index in [1.807, 2.05) is 24.4 Å². The lowest BCUT2D eigenvalue weighted by Gasteiger charge is -2.05. The number of rotatable bonds is 4. The standard InChI is InChI=1S/C16H17N3OS/c1-2-13-10-18-15(21-13)11-19-16(20)14-8-4-3-6-12(14)7-5-9-17/h3-4,6,8,10H,2,9,11,17H2,1H3,(H,19,20). The second kappa shape index (κ2) is 7.58. The van der Waals surface area contributed by atoms with Crippen LogP contribution in [0.1, 0.15) is 32.7 Å². The summed E-state index contributed by atoms with van der Waals surface area (Å²) in [5.41, 5.74) is 6.62. The lowest BCUT2D eigenvalue weighted by atomic mass is 10.1. The van der Waals surface area contributed by atoms with Crippen LogP contribution in [0.5, 0.6) is 0 Å². The summed E-state index contributed by atoms with van der Waals surface area (Å²) in [6.45, 7) is 2.79. The molecule has 1 amide bonds. The molecule has 0 radical (unpaired) electrons. The van der Waals surface area contributed by atoms with Crippen LogP contribution in [0, 0.1) is 11.8 Å². The van der Waals surface area contributed by atoms with E-state index in [1.165, 1.54) is 4.88 Å². The summed E-state index contributed by atoms with van der Waals surface area (Å²) in [6, 6.07) is 7.25. The van der Waals surface area contributed by atoms with Crippen molar-refractivity contribution < 1.29 is 4.79 Å². The average molecular weight is 299 g/mol. The smallest absolute Gasteiger partial charge is 0.252 e. The number of aromatic nitrogens is 1. The zero-order valence-corrected chi connectivity index (χ0v) is 12.7. The van der Waals surface area contributed by atoms with Crippen LogP contribution in [0.2, 0.25) is 0 Å². The summed E-state index contributed by atoms with van der Waals surface area (Å²) in [5.74, 6) is 5.54. The van der Waals surface area contributed by atoms with Crippen molar-refractivity contribution in [1.29, 1.82) is 0 Å². The third-order valence-corrected chi connectivity index (χ3v) is 3.99. The number of nitrogens with two attached hydrogens (primary N) is 1. The van der Waals surface area contributed by atoms with Gasteiger partial charge in [-0.15, -0.1) is 11.3 Å². The summed E-state index contributed by atoms with van der Waals surface area (Å²) in [5, 5.41) is 3.79. The summed E-state index contributed by atoms with van der Waals surface area (Å²) >= 11 is 1.62. The first-order chi connectivity index (χ1) is 10.2. The zero-order chi connectivity index (χ0) is 15.1. The highest BCUT2D eigenvalue weighted by atomic mass is 32.1. The highest BCUT2D eigenvalue weighted by Gasteiger charge is 2.10. The molecular weight excluding hydrogens is 282 g/mol. The van der Waals surface area contributed by atoms with Crippen molar-refractivity contribution in [1.82, 2.24) is 10.3 Å². The highest BCUT2D eigenvalue weighted by Crippen LogP contribution is 2.13. The van der Waals surface area contributed by atoms with E-state index in [2.05, 4.69) is 29.1 Å². The SMILES string of the molecule is CCc1cnc(CNC(=O)c2ccccc2C#CCN)s1. The fourth-order valence-electron chi connectivity index (χ4n) is 1.78. The first-order valence-corrected chi connectivity index (χ1v) is 7.56. The van der Waals surface area contributed by atoms with E-state index in [0.717, 1.165) is 11.4 Å². The lowest BCUT2D eigenvalue weighted by molar-refractivity contribution is 0.0950. The maximum atomic E-state index is 12.2. The number of nitrogens with zero attached hydrogens (tertiary/aromatic N) is 1. The van der Waals surface area contributed by atoms with Gasteiger partial charge >= 0.3 is 0 Å². The molecule has 0 aliphatic carbocycles. The van der Waals surface area contributed by atoms with Gasteiger partial charge in [0.15, 0.2) is 0 Å². The van der Waals surface area contributed by atoms with Gasteiger partial charge in [0.05, 0.1) is 18.7 Å². The molecule has 4 nitrogen and oxygen atoms in total. The van der Waals surface area contributed by atoms with Crippen molar-refractivity contribution in [2.45, 2.75) is 19.9 Å². The molecule has 0 spiro atoms. The van der Waals surface area contributed by atoms with Crippen molar-refractivity contribution in [2.24, 2.45) is 5.73 Å². The Hall–Kier alpha value is -2.16. The van der Waals surface area contributed by atoms with Crippen molar-refractivity contribution in [3.05, 3.63) is 51.5 Å². The fraction of sp³-hybridized carbons (Fsp3) is 0.250. The Morgan fingerprint density at radius 2 is 2.24 bits per heavy atom. The van der Waals surface area contributed by atoms with Gasteiger partial charge in [0.2, 0.25) is 0 Å². The normalized spacial score (nSPS) is 9.81. The van der Waals surface area contributed by atoms with Gasteiger partial charge in [0, 0.05) is 16.6 Å². The van der Waals surface area contributed by atoms with Crippen molar-refractivity contribution >= 4 is 17.2 Å². The number of hydrogen-bond donors (Lipinski definition) is 2. The van der Waals surface area contributed by atoms with Crippen LogP contribution >= 0.6 is 11.3 Å². The first-order valence-electron chi connectivity index (χ1n) is 6.74. The van der Waals surface area contributed by atoms with Crippen LogP contribution in [0.3, 0.4) is 0 Å². The van der Waals surface area contributed by atoms with Crippen LogP contribution in [0.4, 0.5) is 0 Å². The molecule has 0 fully saturated rings. The Balaban J connectivity index is 2.06. The topological polar surface area (TPSA) is 68.0 Å². The maximum Gasteiger partial charge on any atom is 0.252 e. The Labute approximate surface area is 128 Å². The van der Waals surface area contributed by atoms with Crippen molar-refractivity contribution in [3.63, 3.8) is 0 Å². The third kappa shape index (κ3) is 4.15. The van der Waals surface area contributed by atoms with E-state index in [4.69, 9.17) is 5.73 Å². The molecule has 3 N–H and O–H groups in total. The van der Waals surface area contributed by atoms with Gasteiger partial charge < -0.3 is 11.1 Å². The molecule has 21 heavy (non-hydrogen) atoms. The Kier molecular flexibility index (Phi) is 5.50. The number of thiazole rings is 1. The molecule has 2 aromatic rings. The molecule has 0 unspecified atom stereocenters. The number of hydrogen-bond acceptors (Lipinski definition) is 4. The van der Waals surface area contributed by atoms with Crippen LogP contribution in [0.25, 0.3) is 0 Å². The van der Waals surface area contributed by atoms with Gasteiger partial charge in [0.25, 0.3) is 5.91 Å². The molecule has 1 aromatic heterocycles. The first kappa shape index (κ1) is 15.2. The van der Waals surface area contributed by atoms with E-state index >= 15 is 0 Å². The quantitative estimate of drug-likeness (QED) is 0.848. The molecule has 0 saturated carbocycles. The third-order valence-electron chi connectivity index (χ3n) is 2.85. The van der Waals surface area contributed by atoms with Crippen molar-refractivity contribution in [2.75, 3.05) is 6.54 Å². The molecular formula is C16H17N3OS. The monoisotopic (exact) mass is 299 g/mol. The van der Waals surface area contributed by atoms with Crippen LogP contribution in [-0.2, 0) is 13.0 Å². The number of carbonyl (C=O) groups is 1. The largest absolute Gasteiger partial charge is 0.345 e. The van der Waals surface area contributed by atoms with Gasteiger partial charge in [-0.05, 0) is 18.6 Å². The summed E-state index contributed by atoms with van der Waals surface area (Å²) in [7, 11) is 0. The predicted octanol–water partition coefficient (Wildman–Crippen LogP) is 1.95. The van der Waals surface area contributed by atoms with Crippen molar-refractivity contribution in [3.8, 4) is 11.8 Å². The average Bonchev–Trinajstić information content (AvgIpc) is 2.99. The van der Waals surface area contributed by atoms with Crippen LogP contribution < -0.4 is 11.1 Å². The Morgan fingerprint density at radius 3 is 2.95 bits per heavy atom. The van der Waals surface area contributed by atoms with E-state index in [-0.39, 0.29) is 12.5 Å². The number of benzene rings is 1. The van der Waals surface area contributed by atoms with Crippen LogP contribution in [-0.4, -0.2) is 17.4 Å². The summed E-state index contributed by atoms with van der Waals surface area (Å²) in [6.07, 6.45) is 2.82. The molecule has 0 atom stereocenters. The highest BCUT2D eigenvalue weighted by molar-refractivity contribution is 7.11. The number of nitrogens with one attached hydrogen (secondary N) is 1. The fourth-order valence-corrected chi connectivity index (χ4v) is 2.58. The van der Waals surface area contributed by atoms with Gasteiger partial charge in [-0.2, -0.15) is 0 Å². The lowest BCUT2D eigenvalue weighted by Crippen LogP contribution is -2.23. The molecule has 108 valence electrons. The summed E-state index contributed by atoms with van der Waals surface area (Å²) in [4.78, 5) is 17.7. The van der Waals surface area contributed by atoms with Crippen LogP contribution in [0.15, 0.2) is 30.5 Å². The zero-order valence-electron chi connectivity index (χ0n) is 11.8. The maximum absolute atomic E-state index is 12.2. The number of aryl methyl sites for hydroxylation is 1. The van der Waals surface area contributed by atoms with E-state index in [1.54, 1.807) is 17.4 Å². The van der Waals surface area contributed by atoms with Gasteiger partial charge in [-0.1, -0.05) is 30.9 Å². The number of carbonyl (C=O) groups excluding carboxylic acids is 1. The molecule has 0 aliphatic heterocycles. The second-order valence-corrected chi connectivity index (χ2v) is 5.51. The summed E-state index contributed by atoms with van der Waals surface area (Å²) < 4.78 is 0. The van der Waals surface area contributed by atoms with Gasteiger partial charge in [0.1, 0.15) is 5.01 Å². The molecule has 0 aliphatic rings. The Bertz CT molecular complexity index is 682. The molecule has 1 aromatic carbocycles. The molecule has 0 bridgehead atoms. The van der Waals surface area contributed by atoms with Gasteiger partial charge in [-0.3, -0.25) is 4.79 Å². The molecule has 5 heteroatoms. The minimum atomic E-state index is -0.148. The predicted molar refractivity (Wildman–Crippen MR) is 85.0 cm³/mol. The minimum absolute atomic E-state index is 0.148. The Morgan fingerprint density at radius 1 is 1.43 bits per heavy atom. The molecule has 0 saturated heterocycles. The van der Waals surface area contributed by atoms with E-state index in [0.29, 0.717) is 17.7 Å². The molecule has 2 rings (SSSR count). The van der Waals surface area contributed by atoms with Gasteiger partial charge in [-0.25, -0.2) is 4.98 Å². The second-order valence-electron chi connectivity index (χ2n) is 4.31. The molecule has 1 heterocycles. The minimum Gasteiger partial charge on any atom is -0.345 e.